The average Bonchev–Trinajstić information content (AvgIpc) is 3.00. The molecule has 1 aliphatic heterocycles. The first-order valence-corrected chi connectivity index (χ1v) is 8.90. The number of alkyl halides is 3. The van der Waals surface area contributed by atoms with E-state index in [-0.39, 0.29) is 24.5 Å². The SMILES string of the molecule is O=C(NCc1cc(F)cc(Cl)c1)C1CCN(c2ccc(OC(F)(F)F)cc2)C1=O. The standard InChI is InChI=1S/C19H15ClF4N2O3/c20-12-7-11(8-13(21)9-12)10-25-17(27)16-5-6-26(18(16)28)14-1-3-15(4-2-14)29-19(22,23)24/h1-4,7-9,16H,5-6,10H2,(H,25,27). The van der Waals surface area contributed by atoms with Gasteiger partial charge in [-0.2, -0.15) is 0 Å². The van der Waals surface area contributed by atoms with Crippen LogP contribution in [0.1, 0.15) is 12.0 Å². The molecule has 0 spiro atoms. The number of anilines is 1. The molecule has 2 aromatic rings. The smallest absolute Gasteiger partial charge is 0.406 e. The maximum absolute atomic E-state index is 13.3. The molecule has 1 N–H and O–H groups in total. The van der Waals surface area contributed by atoms with Gasteiger partial charge < -0.3 is 15.0 Å². The molecule has 1 aliphatic rings. The van der Waals surface area contributed by atoms with E-state index in [1.807, 2.05) is 0 Å². The van der Waals surface area contributed by atoms with Gasteiger partial charge in [0, 0.05) is 23.8 Å². The summed E-state index contributed by atoms with van der Waals surface area (Å²) in [6, 6.07) is 8.67. The highest BCUT2D eigenvalue weighted by Crippen LogP contribution is 2.29. The summed E-state index contributed by atoms with van der Waals surface area (Å²) < 4.78 is 53.8. The number of hydrogen-bond donors (Lipinski definition) is 1. The van der Waals surface area contributed by atoms with Crippen LogP contribution >= 0.6 is 11.6 Å². The molecular formula is C19H15ClF4N2O3. The molecule has 1 heterocycles. The van der Waals surface area contributed by atoms with Gasteiger partial charge in [-0.15, -0.1) is 13.2 Å². The van der Waals surface area contributed by atoms with Gasteiger partial charge in [-0.3, -0.25) is 9.59 Å². The summed E-state index contributed by atoms with van der Waals surface area (Å²) in [5.74, 6) is -2.87. The lowest BCUT2D eigenvalue weighted by Crippen LogP contribution is -2.36. The van der Waals surface area contributed by atoms with E-state index in [0.717, 1.165) is 18.2 Å². The number of carbonyl (C=O) groups is 2. The Morgan fingerprint density at radius 1 is 1.21 bits per heavy atom. The van der Waals surface area contributed by atoms with Crippen molar-refractivity contribution < 1.29 is 31.9 Å². The van der Waals surface area contributed by atoms with E-state index in [4.69, 9.17) is 11.6 Å². The van der Waals surface area contributed by atoms with Gasteiger partial charge in [0.2, 0.25) is 11.8 Å². The zero-order chi connectivity index (χ0) is 21.2. The molecule has 10 heteroatoms. The lowest BCUT2D eigenvalue weighted by atomic mass is 10.1. The van der Waals surface area contributed by atoms with Gasteiger partial charge in [-0.25, -0.2) is 4.39 Å². The number of carbonyl (C=O) groups excluding carboxylic acids is 2. The molecule has 1 saturated heterocycles. The molecular weight excluding hydrogens is 416 g/mol. The number of benzene rings is 2. The number of halogens is 5. The number of rotatable bonds is 5. The molecule has 0 radical (unpaired) electrons. The van der Waals surface area contributed by atoms with Crippen LogP contribution in [-0.2, 0) is 16.1 Å². The highest BCUT2D eigenvalue weighted by atomic mass is 35.5. The van der Waals surface area contributed by atoms with Gasteiger partial charge >= 0.3 is 6.36 Å². The second-order valence-electron chi connectivity index (χ2n) is 6.37. The van der Waals surface area contributed by atoms with Gasteiger partial charge in [0.05, 0.1) is 0 Å². The van der Waals surface area contributed by atoms with E-state index in [1.165, 1.54) is 29.2 Å². The fourth-order valence-corrected chi connectivity index (χ4v) is 3.28. The zero-order valence-electron chi connectivity index (χ0n) is 14.8. The summed E-state index contributed by atoms with van der Waals surface area (Å²) in [6.45, 7) is 0.242. The normalized spacial score (nSPS) is 16.8. The second-order valence-corrected chi connectivity index (χ2v) is 6.80. The van der Waals surface area contributed by atoms with Gasteiger partial charge in [0.15, 0.2) is 0 Å². The Morgan fingerprint density at radius 2 is 1.90 bits per heavy atom. The summed E-state index contributed by atoms with van der Waals surface area (Å²) in [7, 11) is 0. The van der Waals surface area contributed by atoms with E-state index >= 15 is 0 Å². The van der Waals surface area contributed by atoms with E-state index in [9.17, 15) is 27.2 Å². The number of nitrogens with zero attached hydrogens (tertiary/aromatic N) is 1. The Bertz CT molecular complexity index is 898. The highest BCUT2D eigenvalue weighted by molar-refractivity contribution is 6.30. The second kappa shape index (κ2) is 8.28. The van der Waals surface area contributed by atoms with Crippen molar-refractivity contribution in [3.8, 4) is 5.75 Å². The molecule has 29 heavy (non-hydrogen) atoms. The molecule has 0 aromatic heterocycles. The average molecular weight is 431 g/mol. The maximum atomic E-state index is 13.3. The summed E-state index contributed by atoms with van der Waals surface area (Å²) in [5, 5.41) is 2.77. The number of hydrogen-bond acceptors (Lipinski definition) is 3. The van der Waals surface area contributed by atoms with Crippen molar-refractivity contribution in [2.24, 2.45) is 5.92 Å². The quantitative estimate of drug-likeness (QED) is 0.575. The van der Waals surface area contributed by atoms with Crippen LogP contribution in [0.4, 0.5) is 23.2 Å². The number of nitrogens with one attached hydrogen (secondary N) is 1. The predicted molar refractivity (Wildman–Crippen MR) is 96.8 cm³/mol. The fraction of sp³-hybridized carbons (Fsp3) is 0.263. The van der Waals surface area contributed by atoms with Crippen LogP contribution in [-0.4, -0.2) is 24.7 Å². The van der Waals surface area contributed by atoms with Gasteiger partial charge in [0.25, 0.3) is 0 Å². The minimum absolute atomic E-state index is 0.00354. The van der Waals surface area contributed by atoms with Gasteiger partial charge in [-0.05, 0) is 54.4 Å². The van der Waals surface area contributed by atoms with Crippen molar-refractivity contribution in [1.29, 1.82) is 0 Å². The predicted octanol–water partition coefficient (Wildman–Crippen LogP) is 4.05. The van der Waals surface area contributed by atoms with Crippen LogP contribution in [0, 0.1) is 11.7 Å². The Labute approximate surface area is 168 Å². The molecule has 1 atom stereocenters. The van der Waals surface area contributed by atoms with Crippen LogP contribution in [0.25, 0.3) is 0 Å². The lowest BCUT2D eigenvalue weighted by molar-refractivity contribution is -0.274. The third kappa shape index (κ3) is 5.38. The van der Waals surface area contributed by atoms with Crippen molar-refractivity contribution in [3.05, 3.63) is 58.9 Å². The summed E-state index contributed by atoms with van der Waals surface area (Å²) >= 11 is 5.76. The molecule has 0 aliphatic carbocycles. The van der Waals surface area contributed by atoms with Crippen LogP contribution in [0.5, 0.6) is 5.75 Å². The number of ether oxygens (including phenoxy) is 1. The Balaban J connectivity index is 1.60. The molecule has 3 rings (SSSR count). The van der Waals surface area contributed by atoms with Crippen LogP contribution in [0.3, 0.4) is 0 Å². The third-order valence-electron chi connectivity index (χ3n) is 4.29. The van der Waals surface area contributed by atoms with Crippen molar-refractivity contribution in [3.63, 3.8) is 0 Å². The van der Waals surface area contributed by atoms with Gasteiger partial charge in [0.1, 0.15) is 17.5 Å². The van der Waals surface area contributed by atoms with Crippen LogP contribution in [0.15, 0.2) is 42.5 Å². The van der Waals surface area contributed by atoms with Crippen LogP contribution in [0.2, 0.25) is 5.02 Å². The fourth-order valence-electron chi connectivity index (χ4n) is 3.03. The van der Waals surface area contributed by atoms with E-state index in [1.54, 1.807) is 0 Å². The van der Waals surface area contributed by atoms with Crippen LogP contribution < -0.4 is 15.0 Å². The van der Waals surface area contributed by atoms with Crippen molar-refractivity contribution >= 4 is 29.1 Å². The first-order valence-electron chi connectivity index (χ1n) is 8.52. The largest absolute Gasteiger partial charge is 0.573 e. The molecule has 2 amide bonds. The van der Waals surface area contributed by atoms with Crippen molar-refractivity contribution in [2.45, 2.75) is 19.3 Å². The van der Waals surface area contributed by atoms with E-state index in [2.05, 4.69) is 10.1 Å². The zero-order valence-corrected chi connectivity index (χ0v) is 15.6. The van der Waals surface area contributed by atoms with Crippen molar-refractivity contribution in [2.75, 3.05) is 11.4 Å². The molecule has 1 unspecified atom stereocenters. The Morgan fingerprint density at radius 3 is 2.52 bits per heavy atom. The molecule has 154 valence electrons. The highest BCUT2D eigenvalue weighted by Gasteiger charge is 2.37. The van der Waals surface area contributed by atoms with Gasteiger partial charge in [-0.1, -0.05) is 11.6 Å². The molecule has 2 aromatic carbocycles. The molecule has 5 nitrogen and oxygen atoms in total. The summed E-state index contributed by atoms with van der Waals surface area (Å²) in [6.07, 6.45) is -4.56. The topological polar surface area (TPSA) is 58.6 Å². The van der Waals surface area contributed by atoms with Crippen molar-refractivity contribution in [1.82, 2.24) is 5.32 Å². The Hall–Kier alpha value is -2.81. The number of amides is 2. The molecule has 0 saturated carbocycles. The molecule has 0 bridgehead atoms. The summed E-state index contributed by atoms with van der Waals surface area (Å²) in [4.78, 5) is 26.2. The minimum Gasteiger partial charge on any atom is -0.406 e. The lowest BCUT2D eigenvalue weighted by Gasteiger charge is -2.17. The maximum Gasteiger partial charge on any atom is 0.573 e. The first-order chi connectivity index (χ1) is 13.6. The summed E-state index contributed by atoms with van der Waals surface area (Å²) in [5.41, 5.74) is 0.808. The Kier molecular flexibility index (Phi) is 5.97. The third-order valence-corrected chi connectivity index (χ3v) is 4.51. The van der Waals surface area contributed by atoms with E-state index in [0.29, 0.717) is 11.3 Å². The first kappa shape index (κ1) is 20.9. The monoisotopic (exact) mass is 430 g/mol. The molecule has 1 fully saturated rings. The minimum atomic E-state index is -4.81. The van der Waals surface area contributed by atoms with E-state index < -0.39 is 35.7 Å².